The van der Waals surface area contributed by atoms with Gasteiger partial charge in [-0.05, 0) is 24.5 Å². The third-order valence-corrected chi connectivity index (χ3v) is 2.23. The molecule has 1 aromatic carbocycles. The monoisotopic (exact) mass is 190 g/mol. The highest BCUT2D eigenvalue weighted by Gasteiger charge is 2.02. The van der Waals surface area contributed by atoms with Crippen LogP contribution in [-0.4, -0.2) is 12.6 Å². The number of benzene rings is 1. The Morgan fingerprint density at radius 3 is 2.57 bits per heavy atom. The van der Waals surface area contributed by atoms with Gasteiger partial charge in [-0.3, -0.25) is 9.59 Å². The highest BCUT2D eigenvalue weighted by atomic mass is 16.1. The van der Waals surface area contributed by atoms with Crippen molar-refractivity contribution in [3.63, 3.8) is 0 Å². The molecule has 0 spiro atoms. The minimum atomic E-state index is 0.640. The van der Waals surface area contributed by atoms with Crippen molar-refractivity contribution in [2.75, 3.05) is 0 Å². The molecule has 0 aliphatic rings. The van der Waals surface area contributed by atoms with Gasteiger partial charge in [0.15, 0.2) is 0 Å². The Morgan fingerprint density at radius 1 is 1.21 bits per heavy atom. The molecule has 0 heterocycles. The highest BCUT2D eigenvalue weighted by molar-refractivity contribution is 5.81. The highest BCUT2D eigenvalue weighted by Crippen LogP contribution is 2.12. The summed E-state index contributed by atoms with van der Waals surface area (Å²) < 4.78 is 0. The van der Waals surface area contributed by atoms with E-state index in [-0.39, 0.29) is 0 Å². The van der Waals surface area contributed by atoms with Crippen LogP contribution in [0.4, 0.5) is 0 Å². The van der Waals surface area contributed by atoms with Crippen molar-refractivity contribution >= 4 is 12.6 Å². The van der Waals surface area contributed by atoms with Gasteiger partial charge in [0.25, 0.3) is 0 Å². The van der Waals surface area contributed by atoms with Crippen LogP contribution in [0.2, 0.25) is 0 Å². The molecular formula is C12H14O2. The van der Waals surface area contributed by atoms with E-state index in [0.717, 1.165) is 37.4 Å². The molecule has 1 rings (SSSR count). The van der Waals surface area contributed by atoms with E-state index in [1.165, 1.54) is 0 Å². The zero-order valence-electron chi connectivity index (χ0n) is 8.32. The Morgan fingerprint density at radius 2 is 2.00 bits per heavy atom. The first-order valence-electron chi connectivity index (χ1n) is 4.85. The largest absolute Gasteiger partial charge is 0.298 e. The number of hydrogen-bond donors (Lipinski definition) is 0. The van der Waals surface area contributed by atoms with Gasteiger partial charge in [0, 0.05) is 11.1 Å². The van der Waals surface area contributed by atoms with Gasteiger partial charge in [0.05, 0.1) is 0 Å². The summed E-state index contributed by atoms with van der Waals surface area (Å²) in [5, 5.41) is 0. The van der Waals surface area contributed by atoms with E-state index in [0.29, 0.717) is 11.1 Å². The first-order chi connectivity index (χ1) is 6.81. The molecule has 0 radical (unpaired) electrons. The van der Waals surface area contributed by atoms with E-state index in [1.807, 2.05) is 0 Å². The summed E-state index contributed by atoms with van der Waals surface area (Å²) in [7, 11) is 0. The third kappa shape index (κ3) is 2.52. The Balaban J connectivity index is 2.95. The number of hydrogen-bond acceptors (Lipinski definition) is 2. The van der Waals surface area contributed by atoms with E-state index in [1.54, 1.807) is 18.2 Å². The molecule has 0 saturated carbocycles. The predicted octanol–water partition coefficient (Wildman–Crippen LogP) is 2.65. The molecule has 0 atom stereocenters. The summed E-state index contributed by atoms with van der Waals surface area (Å²) in [5.41, 5.74) is 2.32. The maximum atomic E-state index is 10.7. The van der Waals surface area contributed by atoms with E-state index < -0.39 is 0 Å². The van der Waals surface area contributed by atoms with Crippen LogP contribution in [0.1, 0.15) is 46.0 Å². The van der Waals surface area contributed by atoms with Crippen molar-refractivity contribution in [1.82, 2.24) is 0 Å². The van der Waals surface area contributed by atoms with Gasteiger partial charge in [-0.1, -0.05) is 25.5 Å². The molecular weight excluding hydrogens is 176 g/mol. The maximum Gasteiger partial charge on any atom is 0.150 e. The van der Waals surface area contributed by atoms with Crippen LogP contribution in [0.25, 0.3) is 0 Å². The van der Waals surface area contributed by atoms with Crippen molar-refractivity contribution in [2.24, 2.45) is 0 Å². The number of aryl methyl sites for hydroxylation is 1. The lowest BCUT2D eigenvalue weighted by Crippen LogP contribution is -1.95. The van der Waals surface area contributed by atoms with E-state index in [9.17, 15) is 9.59 Å². The van der Waals surface area contributed by atoms with Gasteiger partial charge in [0.1, 0.15) is 12.6 Å². The van der Waals surface area contributed by atoms with Crippen LogP contribution in [0.3, 0.4) is 0 Å². The van der Waals surface area contributed by atoms with Gasteiger partial charge in [-0.25, -0.2) is 0 Å². The standard InChI is InChI=1S/C12H14O2/c1-2-3-4-11-7-10(8-13)5-6-12(11)9-14/h5-9H,2-4H2,1H3. The van der Waals surface area contributed by atoms with Gasteiger partial charge in [-0.2, -0.15) is 0 Å². The number of carbonyl (C=O) groups excluding carboxylic acids is 2. The first-order valence-corrected chi connectivity index (χ1v) is 4.85. The SMILES string of the molecule is CCCCc1cc(C=O)ccc1C=O. The lowest BCUT2D eigenvalue weighted by atomic mass is 10.0. The third-order valence-electron chi connectivity index (χ3n) is 2.23. The lowest BCUT2D eigenvalue weighted by Gasteiger charge is -2.04. The molecule has 0 amide bonds. The van der Waals surface area contributed by atoms with Gasteiger partial charge < -0.3 is 0 Å². The fraction of sp³-hybridized carbons (Fsp3) is 0.333. The molecule has 0 aliphatic carbocycles. The van der Waals surface area contributed by atoms with Crippen molar-refractivity contribution in [3.05, 3.63) is 34.9 Å². The first kappa shape index (κ1) is 10.6. The molecule has 0 unspecified atom stereocenters. The Labute approximate surface area is 83.9 Å². The quantitative estimate of drug-likeness (QED) is 0.669. The summed E-state index contributed by atoms with van der Waals surface area (Å²) in [4.78, 5) is 21.2. The van der Waals surface area contributed by atoms with E-state index in [2.05, 4.69) is 6.92 Å². The summed E-state index contributed by atoms with van der Waals surface area (Å²) in [6.45, 7) is 2.10. The number of unbranched alkanes of at least 4 members (excludes halogenated alkanes) is 1. The normalized spacial score (nSPS) is 9.79. The van der Waals surface area contributed by atoms with Crippen LogP contribution in [0.15, 0.2) is 18.2 Å². The fourth-order valence-electron chi connectivity index (χ4n) is 1.40. The Bertz CT molecular complexity index is 329. The van der Waals surface area contributed by atoms with Crippen molar-refractivity contribution in [3.8, 4) is 0 Å². The minimum absolute atomic E-state index is 0.640. The van der Waals surface area contributed by atoms with Crippen LogP contribution in [0, 0.1) is 0 Å². The number of aldehydes is 2. The second-order valence-corrected chi connectivity index (χ2v) is 3.30. The van der Waals surface area contributed by atoms with E-state index >= 15 is 0 Å². The Hall–Kier alpha value is -1.44. The summed E-state index contributed by atoms with van der Waals surface area (Å²) in [6, 6.07) is 5.18. The van der Waals surface area contributed by atoms with Gasteiger partial charge in [-0.15, -0.1) is 0 Å². The molecule has 0 aromatic heterocycles. The smallest absolute Gasteiger partial charge is 0.150 e. The molecule has 74 valence electrons. The van der Waals surface area contributed by atoms with Gasteiger partial charge in [0.2, 0.25) is 0 Å². The molecule has 2 nitrogen and oxygen atoms in total. The summed E-state index contributed by atoms with van der Waals surface area (Å²) in [6.07, 6.45) is 4.66. The number of carbonyl (C=O) groups is 2. The molecule has 0 aliphatic heterocycles. The molecule has 14 heavy (non-hydrogen) atoms. The zero-order chi connectivity index (χ0) is 10.4. The molecule has 0 bridgehead atoms. The molecule has 1 aromatic rings. The van der Waals surface area contributed by atoms with Crippen LogP contribution >= 0.6 is 0 Å². The fourth-order valence-corrected chi connectivity index (χ4v) is 1.40. The van der Waals surface area contributed by atoms with Crippen LogP contribution in [-0.2, 0) is 6.42 Å². The molecule has 0 fully saturated rings. The second-order valence-electron chi connectivity index (χ2n) is 3.30. The van der Waals surface area contributed by atoms with Gasteiger partial charge >= 0.3 is 0 Å². The average molecular weight is 190 g/mol. The summed E-state index contributed by atoms with van der Waals surface area (Å²) >= 11 is 0. The second kappa shape index (κ2) is 5.32. The molecule has 0 saturated heterocycles. The predicted molar refractivity (Wildman–Crippen MR) is 55.8 cm³/mol. The lowest BCUT2D eigenvalue weighted by molar-refractivity contribution is 0.111. The number of rotatable bonds is 5. The van der Waals surface area contributed by atoms with Crippen molar-refractivity contribution < 1.29 is 9.59 Å². The van der Waals surface area contributed by atoms with Crippen LogP contribution in [0.5, 0.6) is 0 Å². The topological polar surface area (TPSA) is 34.1 Å². The van der Waals surface area contributed by atoms with Crippen molar-refractivity contribution in [2.45, 2.75) is 26.2 Å². The minimum Gasteiger partial charge on any atom is -0.298 e. The van der Waals surface area contributed by atoms with E-state index in [4.69, 9.17) is 0 Å². The molecule has 0 N–H and O–H groups in total. The zero-order valence-corrected chi connectivity index (χ0v) is 8.32. The molecule has 2 heteroatoms. The Kier molecular flexibility index (Phi) is 4.05. The van der Waals surface area contributed by atoms with Crippen molar-refractivity contribution in [1.29, 1.82) is 0 Å². The summed E-state index contributed by atoms with van der Waals surface area (Å²) in [5.74, 6) is 0. The maximum absolute atomic E-state index is 10.7. The van der Waals surface area contributed by atoms with Crippen LogP contribution < -0.4 is 0 Å². The average Bonchev–Trinajstić information content (AvgIpc) is 2.25.